The number of hydrogen-bond donors (Lipinski definition) is 0. The lowest BCUT2D eigenvalue weighted by molar-refractivity contribution is 0.0502. The zero-order valence-corrected chi connectivity index (χ0v) is 10.3. The second kappa shape index (κ2) is 5.37. The van der Waals surface area contributed by atoms with E-state index >= 15 is 0 Å². The Bertz CT molecular complexity index is 297. The maximum atomic E-state index is 5.46. The summed E-state index contributed by atoms with van der Waals surface area (Å²) in [7, 11) is 1.62. The van der Waals surface area contributed by atoms with Crippen LogP contribution >= 0.6 is 15.9 Å². The standard InChI is InChI=1S/C11H15BrO2/c1-8(2)10-6-9(12)4-5-11(10)14-7-13-3/h4-6,8H,7H2,1-3H3. The van der Waals surface area contributed by atoms with Crippen LogP contribution in [0.3, 0.4) is 0 Å². The summed E-state index contributed by atoms with van der Waals surface area (Å²) in [5.41, 5.74) is 1.19. The molecule has 0 N–H and O–H groups in total. The van der Waals surface area contributed by atoms with Gasteiger partial charge in [0.25, 0.3) is 0 Å². The average Bonchev–Trinajstić information content (AvgIpc) is 2.15. The van der Waals surface area contributed by atoms with Crippen molar-refractivity contribution in [3.8, 4) is 5.75 Å². The maximum Gasteiger partial charge on any atom is 0.188 e. The summed E-state index contributed by atoms with van der Waals surface area (Å²) < 4.78 is 11.4. The highest BCUT2D eigenvalue weighted by molar-refractivity contribution is 9.10. The summed E-state index contributed by atoms with van der Waals surface area (Å²) in [6.07, 6.45) is 0. The molecule has 0 bridgehead atoms. The Morgan fingerprint density at radius 2 is 2.07 bits per heavy atom. The minimum atomic E-state index is 0.293. The van der Waals surface area contributed by atoms with Gasteiger partial charge in [0.15, 0.2) is 6.79 Å². The SMILES string of the molecule is COCOc1ccc(Br)cc1C(C)C. The first-order chi connectivity index (χ1) is 6.65. The van der Waals surface area contributed by atoms with Gasteiger partial charge in [0.1, 0.15) is 5.75 Å². The molecule has 0 heterocycles. The Balaban J connectivity index is 2.90. The zero-order valence-electron chi connectivity index (χ0n) is 8.71. The van der Waals surface area contributed by atoms with Crippen LogP contribution in [0.5, 0.6) is 5.75 Å². The molecule has 0 atom stereocenters. The first-order valence-corrected chi connectivity index (χ1v) is 5.35. The van der Waals surface area contributed by atoms with Crippen molar-refractivity contribution >= 4 is 15.9 Å². The minimum absolute atomic E-state index is 0.293. The van der Waals surface area contributed by atoms with Crippen molar-refractivity contribution < 1.29 is 9.47 Å². The quantitative estimate of drug-likeness (QED) is 0.770. The third kappa shape index (κ3) is 3.00. The van der Waals surface area contributed by atoms with Gasteiger partial charge in [-0.25, -0.2) is 0 Å². The van der Waals surface area contributed by atoms with Gasteiger partial charge < -0.3 is 9.47 Å². The van der Waals surface area contributed by atoms with Crippen molar-refractivity contribution in [2.45, 2.75) is 19.8 Å². The molecule has 2 nitrogen and oxygen atoms in total. The molecular weight excluding hydrogens is 244 g/mol. The summed E-state index contributed by atoms with van der Waals surface area (Å²) in [4.78, 5) is 0. The fourth-order valence-electron chi connectivity index (χ4n) is 1.22. The Morgan fingerprint density at radius 3 is 2.64 bits per heavy atom. The highest BCUT2D eigenvalue weighted by Crippen LogP contribution is 2.29. The summed E-state index contributed by atoms with van der Waals surface area (Å²) in [6.45, 7) is 4.57. The Kier molecular flexibility index (Phi) is 4.42. The largest absolute Gasteiger partial charge is 0.467 e. The summed E-state index contributed by atoms with van der Waals surface area (Å²) >= 11 is 3.45. The molecule has 0 aliphatic heterocycles. The number of rotatable bonds is 4. The fraction of sp³-hybridized carbons (Fsp3) is 0.455. The molecule has 1 aromatic carbocycles. The number of hydrogen-bond acceptors (Lipinski definition) is 2. The van der Waals surface area contributed by atoms with Crippen LogP contribution in [-0.4, -0.2) is 13.9 Å². The Morgan fingerprint density at radius 1 is 1.36 bits per heavy atom. The molecule has 1 aromatic rings. The molecule has 0 aliphatic carbocycles. The van der Waals surface area contributed by atoms with Crippen molar-refractivity contribution in [3.63, 3.8) is 0 Å². The highest BCUT2D eigenvalue weighted by Gasteiger charge is 2.07. The van der Waals surface area contributed by atoms with Crippen LogP contribution in [0.4, 0.5) is 0 Å². The van der Waals surface area contributed by atoms with E-state index in [0.717, 1.165) is 10.2 Å². The number of halogens is 1. The Labute approximate surface area is 93.4 Å². The summed E-state index contributed by atoms with van der Waals surface area (Å²) in [5.74, 6) is 1.34. The normalized spacial score (nSPS) is 10.6. The van der Waals surface area contributed by atoms with Crippen LogP contribution in [0.15, 0.2) is 22.7 Å². The zero-order chi connectivity index (χ0) is 10.6. The lowest BCUT2D eigenvalue weighted by Gasteiger charge is -2.13. The van der Waals surface area contributed by atoms with Crippen molar-refractivity contribution in [3.05, 3.63) is 28.2 Å². The van der Waals surface area contributed by atoms with Crippen molar-refractivity contribution in [1.82, 2.24) is 0 Å². The summed E-state index contributed by atoms with van der Waals surface area (Å²) in [6, 6.07) is 6.00. The average molecular weight is 259 g/mol. The smallest absolute Gasteiger partial charge is 0.188 e. The van der Waals surface area contributed by atoms with E-state index in [-0.39, 0.29) is 0 Å². The topological polar surface area (TPSA) is 18.5 Å². The van der Waals surface area contributed by atoms with E-state index < -0.39 is 0 Å². The van der Waals surface area contributed by atoms with E-state index in [2.05, 4.69) is 35.8 Å². The molecule has 0 spiro atoms. The van der Waals surface area contributed by atoms with Gasteiger partial charge in [-0.3, -0.25) is 0 Å². The lowest BCUT2D eigenvalue weighted by Crippen LogP contribution is -2.02. The van der Waals surface area contributed by atoms with E-state index in [1.807, 2.05) is 12.1 Å². The van der Waals surface area contributed by atoms with Crippen molar-refractivity contribution in [2.24, 2.45) is 0 Å². The fourth-order valence-corrected chi connectivity index (χ4v) is 1.60. The van der Waals surface area contributed by atoms with Crippen molar-refractivity contribution in [1.29, 1.82) is 0 Å². The lowest BCUT2D eigenvalue weighted by atomic mass is 10.0. The molecule has 14 heavy (non-hydrogen) atoms. The molecule has 78 valence electrons. The third-order valence-corrected chi connectivity index (χ3v) is 2.42. The molecule has 0 unspecified atom stereocenters. The minimum Gasteiger partial charge on any atom is -0.467 e. The van der Waals surface area contributed by atoms with Gasteiger partial charge in [-0.05, 0) is 29.7 Å². The van der Waals surface area contributed by atoms with Gasteiger partial charge in [0.2, 0.25) is 0 Å². The van der Waals surface area contributed by atoms with Gasteiger partial charge in [-0.15, -0.1) is 0 Å². The number of ether oxygens (including phenoxy) is 2. The molecule has 0 saturated carbocycles. The molecule has 0 saturated heterocycles. The van der Waals surface area contributed by atoms with Crippen LogP contribution in [0.1, 0.15) is 25.3 Å². The van der Waals surface area contributed by atoms with Crippen LogP contribution in [-0.2, 0) is 4.74 Å². The molecule has 0 aliphatic rings. The number of methoxy groups -OCH3 is 1. The van der Waals surface area contributed by atoms with E-state index in [9.17, 15) is 0 Å². The second-order valence-electron chi connectivity index (χ2n) is 3.39. The van der Waals surface area contributed by atoms with Crippen LogP contribution in [0.25, 0.3) is 0 Å². The van der Waals surface area contributed by atoms with Crippen LogP contribution in [0.2, 0.25) is 0 Å². The molecule has 0 aromatic heterocycles. The molecular formula is C11H15BrO2. The molecule has 0 fully saturated rings. The first-order valence-electron chi connectivity index (χ1n) is 4.56. The van der Waals surface area contributed by atoms with Gasteiger partial charge in [-0.2, -0.15) is 0 Å². The highest BCUT2D eigenvalue weighted by atomic mass is 79.9. The van der Waals surface area contributed by atoms with E-state index in [4.69, 9.17) is 9.47 Å². The predicted octanol–water partition coefficient (Wildman–Crippen LogP) is 3.56. The molecule has 0 amide bonds. The molecule has 1 rings (SSSR count). The molecule has 0 radical (unpaired) electrons. The van der Waals surface area contributed by atoms with Gasteiger partial charge in [0.05, 0.1) is 0 Å². The van der Waals surface area contributed by atoms with Gasteiger partial charge in [-0.1, -0.05) is 29.8 Å². The van der Waals surface area contributed by atoms with Gasteiger partial charge >= 0.3 is 0 Å². The van der Waals surface area contributed by atoms with Crippen LogP contribution in [0, 0.1) is 0 Å². The van der Waals surface area contributed by atoms with Crippen LogP contribution < -0.4 is 4.74 Å². The summed E-state index contributed by atoms with van der Waals surface area (Å²) in [5, 5.41) is 0. The monoisotopic (exact) mass is 258 g/mol. The predicted molar refractivity (Wildman–Crippen MR) is 60.7 cm³/mol. The van der Waals surface area contributed by atoms with Crippen molar-refractivity contribution in [2.75, 3.05) is 13.9 Å². The maximum absolute atomic E-state index is 5.46. The van der Waals surface area contributed by atoms with Gasteiger partial charge in [0, 0.05) is 11.6 Å². The first kappa shape index (κ1) is 11.5. The number of benzene rings is 1. The second-order valence-corrected chi connectivity index (χ2v) is 4.30. The van der Waals surface area contributed by atoms with E-state index in [1.165, 1.54) is 5.56 Å². The van der Waals surface area contributed by atoms with E-state index in [0.29, 0.717) is 12.7 Å². The third-order valence-electron chi connectivity index (χ3n) is 1.93. The molecule has 3 heteroatoms. The van der Waals surface area contributed by atoms with E-state index in [1.54, 1.807) is 7.11 Å². The Hall–Kier alpha value is -0.540.